The summed E-state index contributed by atoms with van der Waals surface area (Å²) in [6.45, 7) is 2.09. The zero-order valence-electron chi connectivity index (χ0n) is 16.5. The van der Waals surface area contributed by atoms with E-state index in [4.69, 9.17) is 9.72 Å². The molecule has 6 nitrogen and oxygen atoms in total. The molecule has 1 fully saturated rings. The van der Waals surface area contributed by atoms with E-state index >= 15 is 0 Å². The van der Waals surface area contributed by atoms with Crippen molar-refractivity contribution in [2.75, 3.05) is 19.8 Å². The first-order valence-electron chi connectivity index (χ1n) is 10.0. The topological polar surface area (TPSA) is 52.3 Å². The summed E-state index contributed by atoms with van der Waals surface area (Å²) < 4.78 is 9.90. The lowest BCUT2D eigenvalue weighted by Crippen LogP contribution is -2.56. The number of hydrogen-bond acceptors (Lipinski definition) is 3. The van der Waals surface area contributed by atoms with Crippen molar-refractivity contribution in [1.82, 2.24) is 19.0 Å². The second kappa shape index (κ2) is 6.48. The number of amides is 1. The van der Waals surface area contributed by atoms with Crippen LogP contribution in [0.1, 0.15) is 29.9 Å². The number of para-hydroxylation sites is 1. The van der Waals surface area contributed by atoms with Crippen LogP contribution in [0.3, 0.4) is 0 Å². The molecule has 0 radical (unpaired) electrons. The largest absolute Gasteiger partial charge is 0.381 e. The molecular weight excluding hydrogens is 352 g/mol. The highest BCUT2D eigenvalue weighted by Gasteiger charge is 2.48. The monoisotopic (exact) mass is 378 g/mol. The smallest absolute Gasteiger partial charge is 0.229 e. The lowest BCUT2D eigenvalue weighted by molar-refractivity contribution is -0.143. The number of imidazole rings is 1. The Kier molecular flexibility index (Phi) is 4.05. The van der Waals surface area contributed by atoms with Crippen molar-refractivity contribution in [3.63, 3.8) is 0 Å². The summed E-state index contributed by atoms with van der Waals surface area (Å²) in [6, 6.07) is 10.4. The van der Waals surface area contributed by atoms with Gasteiger partial charge in [-0.3, -0.25) is 4.79 Å². The quantitative estimate of drug-likeness (QED) is 0.689. The first-order valence-corrected chi connectivity index (χ1v) is 10.0. The summed E-state index contributed by atoms with van der Waals surface area (Å²) >= 11 is 0. The average molecular weight is 378 g/mol. The van der Waals surface area contributed by atoms with Gasteiger partial charge in [0.1, 0.15) is 0 Å². The van der Waals surface area contributed by atoms with Gasteiger partial charge in [-0.05, 0) is 30.4 Å². The van der Waals surface area contributed by atoms with Gasteiger partial charge in [0.05, 0.1) is 24.0 Å². The van der Waals surface area contributed by atoms with Gasteiger partial charge in [0, 0.05) is 57.2 Å². The van der Waals surface area contributed by atoms with Crippen LogP contribution in [0.2, 0.25) is 0 Å². The molecule has 0 unspecified atom stereocenters. The zero-order valence-corrected chi connectivity index (χ0v) is 16.5. The predicted molar refractivity (Wildman–Crippen MR) is 107 cm³/mol. The standard InChI is InChI=1S/C22H26N4O2/c1-24-15-23-21-19(24)7-10-26(22(21)8-11-28-12-9-22)20(27)14-17-13-16-5-3-4-6-18(16)25(17)2/h3-6,13,15H,7-12,14H2,1-2H3. The van der Waals surface area contributed by atoms with Crippen LogP contribution >= 0.6 is 0 Å². The van der Waals surface area contributed by atoms with Crippen LogP contribution in [-0.2, 0) is 42.0 Å². The van der Waals surface area contributed by atoms with E-state index in [1.54, 1.807) is 0 Å². The molecule has 5 rings (SSSR count). The van der Waals surface area contributed by atoms with E-state index < -0.39 is 0 Å². The van der Waals surface area contributed by atoms with Gasteiger partial charge in [-0.15, -0.1) is 0 Å². The van der Waals surface area contributed by atoms with Crippen molar-refractivity contribution in [2.45, 2.75) is 31.2 Å². The van der Waals surface area contributed by atoms with Crippen LogP contribution in [0.5, 0.6) is 0 Å². The molecule has 3 aromatic rings. The molecule has 2 aliphatic heterocycles. The Balaban J connectivity index is 1.50. The number of carbonyl (C=O) groups is 1. The highest BCUT2D eigenvalue weighted by Crippen LogP contribution is 2.42. The van der Waals surface area contributed by atoms with Crippen molar-refractivity contribution in [2.24, 2.45) is 14.1 Å². The Morgan fingerprint density at radius 2 is 2.00 bits per heavy atom. The molecular formula is C22H26N4O2. The molecule has 1 amide bonds. The van der Waals surface area contributed by atoms with Crippen LogP contribution < -0.4 is 0 Å². The molecule has 1 aromatic carbocycles. The Morgan fingerprint density at radius 3 is 2.79 bits per heavy atom. The van der Waals surface area contributed by atoms with Crippen LogP contribution in [0.15, 0.2) is 36.7 Å². The van der Waals surface area contributed by atoms with Gasteiger partial charge in [0.15, 0.2) is 0 Å². The number of carbonyl (C=O) groups excluding carboxylic acids is 1. The summed E-state index contributed by atoms with van der Waals surface area (Å²) in [6.07, 6.45) is 4.79. The fourth-order valence-electron chi connectivity index (χ4n) is 5.04. The molecule has 1 saturated heterocycles. The zero-order chi connectivity index (χ0) is 19.3. The summed E-state index contributed by atoms with van der Waals surface area (Å²) in [7, 11) is 4.09. The van der Waals surface area contributed by atoms with E-state index in [1.165, 1.54) is 11.1 Å². The first kappa shape index (κ1) is 17.5. The third kappa shape index (κ3) is 2.51. The fraction of sp³-hybridized carbons (Fsp3) is 0.455. The maximum Gasteiger partial charge on any atom is 0.229 e. The summed E-state index contributed by atoms with van der Waals surface area (Å²) in [5, 5.41) is 1.18. The van der Waals surface area contributed by atoms with Crippen LogP contribution in [0.25, 0.3) is 10.9 Å². The summed E-state index contributed by atoms with van der Waals surface area (Å²) in [4.78, 5) is 20.4. The highest BCUT2D eigenvalue weighted by molar-refractivity contribution is 5.85. The highest BCUT2D eigenvalue weighted by atomic mass is 16.5. The number of fused-ring (bicyclic) bond motifs is 3. The first-order chi connectivity index (χ1) is 13.6. The number of benzene rings is 1. The third-order valence-electron chi connectivity index (χ3n) is 6.59. The van der Waals surface area contributed by atoms with E-state index in [9.17, 15) is 4.79 Å². The van der Waals surface area contributed by atoms with E-state index in [1.807, 2.05) is 32.6 Å². The van der Waals surface area contributed by atoms with Gasteiger partial charge in [-0.2, -0.15) is 0 Å². The van der Waals surface area contributed by atoms with E-state index in [0.29, 0.717) is 19.6 Å². The number of rotatable bonds is 2. The summed E-state index contributed by atoms with van der Waals surface area (Å²) in [5.41, 5.74) is 4.23. The molecule has 0 bridgehead atoms. The molecule has 4 heterocycles. The average Bonchev–Trinajstić information content (AvgIpc) is 3.24. The summed E-state index contributed by atoms with van der Waals surface area (Å²) in [5.74, 6) is 0.184. The van der Waals surface area contributed by atoms with Crippen LogP contribution in [0.4, 0.5) is 0 Å². The molecule has 0 aliphatic carbocycles. The minimum Gasteiger partial charge on any atom is -0.381 e. The number of nitrogens with zero attached hydrogens (tertiary/aromatic N) is 4. The SMILES string of the molecule is Cn1cnc2c1CCN(C(=O)Cc1cc3ccccc3n1C)C21CCOCC1. The van der Waals surface area contributed by atoms with Gasteiger partial charge in [0.2, 0.25) is 5.91 Å². The third-order valence-corrected chi connectivity index (χ3v) is 6.59. The second-order valence-electron chi connectivity index (χ2n) is 8.02. The van der Waals surface area contributed by atoms with E-state index in [2.05, 4.69) is 32.2 Å². The van der Waals surface area contributed by atoms with Gasteiger partial charge in [0.25, 0.3) is 0 Å². The van der Waals surface area contributed by atoms with Gasteiger partial charge >= 0.3 is 0 Å². The lowest BCUT2D eigenvalue weighted by atomic mass is 9.80. The number of ether oxygens (including phenoxy) is 1. The molecule has 6 heteroatoms. The number of hydrogen-bond donors (Lipinski definition) is 0. The Morgan fingerprint density at radius 1 is 1.21 bits per heavy atom. The lowest BCUT2D eigenvalue weighted by Gasteiger charge is -2.48. The molecule has 0 N–H and O–H groups in total. The van der Waals surface area contributed by atoms with Crippen molar-refractivity contribution in [3.05, 3.63) is 53.7 Å². The molecule has 2 aromatic heterocycles. The van der Waals surface area contributed by atoms with Gasteiger partial charge < -0.3 is 18.8 Å². The van der Waals surface area contributed by atoms with Crippen LogP contribution in [-0.4, -0.2) is 44.7 Å². The van der Waals surface area contributed by atoms with Crippen molar-refractivity contribution in [1.29, 1.82) is 0 Å². The maximum absolute atomic E-state index is 13.5. The maximum atomic E-state index is 13.5. The molecule has 28 heavy (non-hydrogen) atoms. The van der Waals surface area contributed by atoms with E-state index in [-0.39, 0.29) is 11.4 Å². The normalized spacial score (nSPS) is 18.6. The Hall–Kier alpha value is -2.60. The van der Waals surface area contributed by atoms with E-state index in [0.717, 1.165) is 42.7 Å². The van der Waals surface area contributed by atoms with Crippen LogP contribution in [0, 0.1) is 0 Å². The van der Waals surface area contributed by atoms with Gasteiger partial charge in [-0.25, -0.2) is 4.98 Å². The predicted octanol–water partition coefficient (Wildman–Crippen LogP) is 2.54. The van der Waals surface area contributed by atoms with Crippen molar-refractivity contribution >= 4 is 16.8 Å². The Labute approximate surface area is 164 Å². The minimum atomic E-state index is -0.325. The van der Waals surface area contributed by atoms with Crippen molar-refractivity contribution < 1.29 is 9.53 Å². The number of aromatic nitrogens is 3. The fourth-order valence-corrected chi connectivity index (χ4v) is 5.04. The molecule has 2 aliphatic rings. The number of aryl methyl sites for hydroxylation is 2. The second-order valence-corrected chi connectivity index (χ2v) is 8.02. The molecule has 1 spiro atoms. The molecule has 0 atom stereocenters. The molecule has 146 valence electrons. The van der Waals surface area contributed by atoms with Gasteiger partial charge in [-0.1, -0.05) is 18.2 Å². The minimum absolute atomic E-state index is 0.184. The van der Waals surface area contributed by atoms with Crippen molar-refractivity contribution in [3.8, 4) is 0 Å². The Bertz CT molecular complexity index is 1040. The molecule has 0 saturated carbocycles.